The molecule has 4 aromatic rings. The van der Waals surface area contributed by atoms with Crippen LogP contribution in [0.15, 0.2) is 53.3 Å². The maximum Gasteiger partial charge on any atom is 0.260 e. The van der Waals surface area contributed by atoms with Crippen LogP contribution < -0.4 is 5.32 Å². The van der Waals surface area contributed by atoms with Crippen LogP contribution in [0.4, 0.5) is 5.69 Å². The van der Waals surface area contributed by atoms with Gasteiger partial charge in [-0.1, -0.05) is 29.4 Å². The Morgan fingerprint density at radius 1 is 1.17 bits per heavy atom. The van der Waals surface area contributed by atoms with E-state index in [1.54, 1.807) is 49.4 Å². The molecule has 0 atom stereocenters. The molecule has 0 saturated carbocycles. The molecule has 2 heterocycles. The van der Waals surface area contributed by atoms with Crippen LogP contribution >= 0.6 is 0 Å². The summed E-state index contributed by atoms with van der Waals surface area (Å²) in [7, 11) is 0. The first-order valence-corrected chi connectivity index (χ1v) is 8.65. The van der Waals surface area contributed by atoms with Gasteiger partial charge in [-0.25, -0.2) is 0 Å². The van der Waals surface area contributed by atoms with Gasteiger partial charge in [0.1, 0.15) is 11.8 Å². The van der Waals surface area contributed by atoms with Gasteiger partial charge in [-0.15, -0.1) is 0 Å². The summed E-state index contributed by atoms with van der Waals surface area (Å²) in [5.74, 6) is -0.905. The Hall–Kier alpha value is -4.20. The molecular formula is C21H15N3O5. The highest BCUT2D eigenvalue weighted by Gasteiger charge is 2.16. The Labute approximate surface area is 164 Å². The van der Waals surface area contributed by atoms with E-state index in [9.17, 15) is 19.5 Å². The van der Waals surface area contributed by atoms with E-state index in [2.05, 4.69) is 15.5 Å². The fraction of sp³-hybridized carbons (Fsp3) is 0.0476. The highest BCUT2D eigenvalue weighted by molar-refractivity contribution is 6.12. The maximum atomic E-state index is 12.9. The van der Waals surface area contributed by atoms with Crippen molar-refractivity contribution in [2.45, 2.75) is 6.92 Å². The summed E-state index contributed by atoms with van der Waals surface area (Å²) < 4.78 is 4.77. The minimum atomic E-state index is -0.391. The standard InChI is InChI=1S/C21H15N3O5/c1-11-17(10-29-24-11)21(28)22-14-4-2-3-12(7-14)19(26)13-5-6-15-16(9-25)20(27)23-18(15)8-13/h2-10,23,27H,1H3,(H,22,28). The van der Waals surface area contributed by atoms with Gasteiger partial charge in [0.05, 0.1) is 11.3 Å². The van der Waals surface area contributed by atoms with Gasteiger partial charge >= 0.3 is 0 Å². The Kier molecular flexibility index (Phi) is 4.44. The lowest BCUT2D eigenvalue weighted by Crippen LogP contribution is -2.13. The first kappa shape index (κ1) is 18.2. The van der Waals surface area contributed by atoms with Crippen molar-refractivity contribution in [1.82, 2.24) is 10.1 Å². The van der Waals surface area contributed by atoms with Gasteiger partial charge in [0.25, 0.3) is 5.91 Å². The van der Waals surface area contributed by atoms with E-state index in [0.717, 1.165) is 0 Å². The van der Waals surface area contributed by atoms with Crippen LogP contribution in [0.3, 0.4) is 0 Å². The van der Waals surface area contributed by atoms with Crippen LogP contribution in [-0.4, -0.2) is 33.2 Å². The number of aromatic hydroxyl groups is 1. The number of amides is 1. The zero-order valence-electron chi connectivity index (χ0n) is 15.2. The summed E-state index contributed by atoms with van der Waals surface area (Å²) in [6.07, 6.45) is 1.81. The molecule has 1 amide bonds. The Morgan fingerprint density at radius 2 is 1.97 bits per heavy atom. The first-order chi connectivity index (χ1) is 14.0. The van der Waals surface area contributed by atoms with Crippen molar-refractivity contribution in [3.8, 4) is 5.88 Å². The normalized spacial score (nSPS) is 10.8. The molecule has 0 aliphatic carbocycles. The molecule has 3 N–H and O–H groups in total. The summed E-state index contributed by atoms with van der Waals surface area (Å²) in [6, 6.07) is 11.3. The number of benzene rings is 2. The Balaban J connectivity index is 1.62. The number of nitrogens with one attached hydrogen (secondary N) is 2. The third kappa shape index (κ3) is 3.27. The number of anilines is 1. The number of carbonyl (C=O) groups is 3. The van der Waals surface area contributed by atoms with Crippen LogP contribution in [0.25, 0.3) is 10.9 Å². The number of fused-ring (bicyclic) bond motifs is 1. The molecule has 0 bridgehead atoms. The summed E-state index contributed by atoms with van der Waals surface area (Å²) in [4.78, 5) is 39.0. The molecule has 2 aromatic carbocycles. The van der Waals surface area contributed by atoms with Gasteiger partial charge in [-0.2, -0.15) is 0 Å². The lowest BCUT2D eigenvalue weighted by molar-refractivity contribution is 0.102. The van der Waals surface area contributed by atoms with Crippen molar-refractivity contribution in [1.29, 1.82) is 0 Å². The van der Waals surface area contributed by atoms with Crippen molar-refractivity contribution in [3.05, 3.63) is 76.7 Å². The van der Waals surface area contributed by atoms with Gasteiger partial charge in [0, 0.05) is 27.7 Å². The number of nitrogens with zero attached hydrogens (tertiary/aromatic N) is 1. The molecule has 144 valence electrons. The van der Waals surface area contributed by atoms with E-state index in [1.807, 2.05) is 0 Å². The van der Waals surface area contributed by atoms with Gasteiger partial charge in [-0.05, 0) is 25.1 Å². The molecule has 4 rings (SSSR count). The molecule has 0 fully saturated rings. The predicted molar refractivity (Wildman–Crippen MR) is 104 cm³/mol. The van der Waals surface area contributed by atoms with Gasteiger partial charge in [0.15, 0.2) is 17.9 Å². The average molecular weight is 389 g/mol. The number of aromatic nitrogens is 2. The highest BCUT2D eigenvalue weighted by Crippen LogP contribution is 2.27. The number of aldehydes is 1. The number of aryl methyl sites for hydroxylation is 1. The number of aromatic amines is 1. The second kappa shape index (κ2) is 7.08. The quantitative estimate of drug-likeness (QED) is 0.354. The van der Waals surface area contributed by atoms with Gasteiger partial charge in [-0.3, -0.25) is 14.4 Å². The fourth-order valence-electron chi connectivity index (χ4n) is 3.08. The van der Waals surface area contributed by atoms with Crippen molar-refractivity contribution in [3.63, 3.8) is 0 Å². The molecule has 0 radical (unpaired) electrons. The van der Waals surface area contributed by atoms with Crippen molar-refractivity contribution < 1.29 is 24.0 Å². The molecular weight excluding hydrogens is 374 g/mol. The lowest BCUT2D eigenvalue weighted by Gasteiger charge is -2.07. The molecule has 8 nitrogen and oxygen atoms in total. The number of carbonyl (C=O) groups excluding carboxylic acids is 3. The van der Waals surface area contributed by atoms with E-state index >= 15 is 0 Å². The molecule has 8 heteroatoms. The Morgan fingerprint density at radius 3 is 2.69 bits per heavy atom. The highest BCUT2D eigenvalue weighted by atomic mass is 16.5. The molecule has 2 aromatic heterocycles. The molecule has 0 saturated heterocycles. The minimum absolute atomic E-state index is 0.146. The molecule has 0 aliphatic heterocycles. The lowest BCUT2D eigenvalue weighted by atomic mass is 10.0. The molecule has 0 aliphatic rings. The predicted octanol–water partition coefficient (Wildman–Crippen LogP) is 3.47. The van der Waals surface area contributed by atoms with Crippen LogP contribution in [0, 0.1) is 6.92 Å². The van der Waals surface area contributed by atoms with E-state index in [-0.39, 0.29) is 17.2 Å². The second-order valence-corrected chi connectivity index (χ2v) is 6.44. The summed E-state index contributed by atoms with van der Waals surface area (Å²) >= 11 is 0. The van der Waals surface area contributed by atoms with Crippen LogP contribution in [0.1, 0.15) is 42.3 Å². The van der Waals surface area contributed by atoms with Crippen LogP contribution in [-0.2, 0) is 0 Å². The third-order valence-corrected chi connectivity index (χ3v) is 4.58. The number of ketones is 1. The molecule has 29 heavy (non-hydrogen) atoms. The minimum Gasteiger partial charge on any atom is -0.494 e. The Bertz CT molecular complexity index is 1270. The summed E-state index contributed by atoms with van der Waals surface area (Å²) in [5.41, 5.74) is 2.58. The topological polar surface area (TPSA) is 125 Å². The zero-order chi connectivity index (χ0) is 20.5. The third-order valence-electron chi connectivity index (χ3n) is 4.58. The zero-order valence-corrected chi connectivity index (χ0v) is 15.2. The maximum absolute atomic E-state index is 12.9. The van der Waals surface area contributed by atoms with E-state index in [0.29, 0.717) is 45.3 Å². The van der Waals surface area contributed by atoms with Crippen molar-refractivity contribution in [2.75, 3.05) is 5.32 Å². The largest absolute Gasteiger partial charge is 0.494 e. The van der Waals surface area contributed by atoms with E-state index < -0.39 is 5.91 Å². The fourth-order valence-corrected chi connectivity index (χ4v) is 3.08. The van der Waals surface area contributed by atoms with Crippen LogP contribution in [0.2, 0.25) is 0 Å². The number of H-pyrrole nitrogens is 1. The average Bonchev–Trinajstić information content (AvgIpc) is 3.28. The number of hydrogen-bond acceptors (Lipinski definition) is 6. The van der Waals surface area contributed by atoms with E-state index in [4.69, 9.17) is 4.52 Å². The SMILES string of the molecule is Cc1nocc1C(=O)Nc1cccc(C(=O)c2ccc3c(C=O)c(O)[nH]c3c2)c1. The van der Waals surface area contributed by atoms with E-state index in [1.165, 1.54) is 6.26 Å². The molecule has 0 spiro atoms. The molecule has 0 unspecified atom stereocenters. The number of hydrogen-bond donors (Lipinski definition) is 3. The summed E-state index contributed by atoms with van der Waals surface area (Å²) in [6.45, 7) is 1.66. The van der Waals surface area contributed by atoms with Gasteiger partial charge in [0.2, 0.25) is 0 Å². The summed E-state index contributed by atoms with van der Waals surface area (Å²) in [5, 5.41) is 16.7. The second-order valence-electron chi connectivity index (χ2n) is 6.44. The van der Waals surface area contributed by atoms with Crippen molar-refractivity contribution >= 4 is 34.6 Å². The first-order valence-electron chi connectivity index (χ1n) is 8.65. The monoisotopic (exact) mass is 389 g/mol. The van der Waals surface area contributed by atoms with Crippen molar-refractivity contribution in [2.24, 2.45) is 0 Å². The van der Waals surface area contributed by atoms with Gasteiger partial charge < -0.3 is 19.9 Å². The number of rotatable bonds is 5. The smallest absolute Gasteiger partial charge is 0.260 e. The van der Waals surface area contributed by atoms with Crippen LogP contribution in [0.5, 0.6) is 5.88 Å².